The van der Waals surface area contributed by atoms with E-state index >= 15 is 0 Å². The van der Waals surface area contributed by atoms with Crippen LogP contribution in [0.1, 0.15) is 9.67 Å². The fourth-order valence-corrected chi connectivity index (χ4v) is 4.12. The molecular formula is C14H15N5O3S. The molecule has 1 spiro atoms. The molecule has 120 valence electrons. The van der Waals surface area contributed by atoms with E-state index in [0.29, 0.717) is 37.1 Å². The zero-order chi connectivity index (χ0) is 16.0. The molecule has 8 nitrogen and oxygen atoms in total. The van der Waals surface area contributed by atoms with Gasteiger partial charge in [0, 0.05) is 31.6 Å². The Balaban J connectivity index is 1.53. The van der Waals surface area contributed by atoms with E-state index in [1.807, 2.05) is 4.90 Å². The van der Waals surface area contributed by atoms with Crippen LogP contribution in [0.15, 0.2) is 28.6 Å². The van der Waals surface area contributed by atoms with Crippen LogP contribution in [0.25, 0.3) is 0 Å². The minimum absolute atomic E-state index is 0.0924. The lowest BCUT2D eigenvalue weighted by Gasteiger charge is -2.49. The molecule has 0 bridgehead atoms. The maximum atomic E-state index is 12.5. The van der Waals surface area contributed by atoms with E-state index in [4.69, 9.17) is 10.2 Å². The summed E-state index contributed by atoms with van der Waals surface area (Å²) in [5, 5.41) is 0. The summed E-state index contributed by atoms with van der Waals surface area (Å²) in [6.45, 7) is 2.07. The van der Waals surface area contributed by atoms with E-state index in [9.17, 15) is 9.59 Å². The highest BCUT2D eigenvalue weighted by Gasteiger charge is 2.58. The van der Waals surface area contributed by atoms with E-state index in [-0.39, 0.29) is 23.1 Å². The van der Waals surface area contributed by atoms with Gasteiger partial charge in [0.1, 0.15) is 11.1 Å². The van der Waals surface area contributed by atoms with Crippen LogP contribution in [0.4, 0.5) is 6.01 Å². The summed E-state index contributed by atoms with van der Waals surface area (Å²) in [5.41, 5.74) is 6.89. The number of nitrogens with zero attached hydrogens (tertiary/aromatic N) is 4. The molecule has 0 saturated carbocycles. The van der Waals surface area contributed by atoms with Crippen molar-refractivity contribution in [1.29, 1.82) is 0 Å². The van der Waals surface area contributed by atoms with Crippen molar-refractivity contribution in [2.45, 2.75) is 0 Å². The number of carbonyl (C=O) groups excluding carboxylic acids is 2. The first-order chi connectivity index (χ1) is 11.1. The lowest BCUT2D eigenvalue weighted by Crippen LogP contribution is -2.62. The number of amides is 2. The van der Waals surface area contributed by atoms with Crippen LogP contribution in [0, 0.1) is 11.3 Å². The van der Waals surface area contributed by atoms with Gasteiger partial charge >= 0.3 is 0 Å². The Labute approximate surface area is 135 Å². The van der Waals surface area contributed by atoms with Crippen molar-refractivity contribution in [2.24, 2.45) is 17.1 Å². The molecule has 2 saturated heterocycles. The van der Waals surface area contributed by atoms with E-state index in [1.165, 1.54) is 17.6 Å². The summed E-state index contributed by atoms with van der Waals surface area (Å²) in [6, 6.07) is 0.533. The van der Waals surface area contributed by atoms with Gasteiger partial charge in [0.15, 0.2) is 0 Å². The smallest absolute Gasteiger partial charge is 0.297 e. The molecule has 0 radical (unpaired) electrons. The molecule has 0 aliphatic carbocycles. The van der Waals surface area contributed by atoms with Crippen molar-refractivity contribution in [3.63, 3.8) is 0 Å². The SMILES string of the molecule is NC(=O)C1CN(C(=O)c2cncs2)CC12CN(c1ncco1)C2. The average molecular weight is 333 g/mol. The lowest BCUT2D eigenvalue weighted by molar-refractivity contribution is -0.124. The van der Waals surface area contributed by atoms with Crippen LogP contribution >= 0.6 is 11.3 Å². The summed E-state index contributed by atoms with van der Waals surface area (Å²) >= 11 is 1.30. The highest BCUT2D eigenvalue weighted by molar-refractivity contribution is 7.11. The molecule has 2 aliphatic rings. The van der Waals surface area contributed by atoms with Crippen LogP contribution in [0.3, 0.4) is 0 Å². The number of primary amides is 1. The highest BCUT2D eigenvalue weighted by Crippen LogP contribution is 2.45. The molecule has 2 aliphatic heterocycles. The number of carbonyl (C=O) groups is 2. The number of thiazole rings is 1. The third-order valence-corrected chi connectivity index (χ3v) is 5.38. The quantitative estimate of drug-likeness (QED) is 0.860. The second-order valence-corrected chi connectivity index (χ2v) is 6.93. The minimum Gasteiger partial charge on any atom is -0.432 e. The van der Waals surface area contributed by atoms with E-state index in [1.54, 1.807) is 22.8 Å². The van der Waals surface area contributed by atoms with Gasteiger partial charge in [-0.25, -0.2) is 4.98 Å². The van der Waals surface area contributed by atoms with Gasteiger partial charge < -0.3 is 20.0 Å². The maximum absolute atomic E-state index is 12.5. The van der Waals surface area contributed by atoms with E-state index in [0.717, 1.165) is 0 Å². The Bertz CT molecular complexity index is 724. The number of hydrogen-bond donors (Lipinski definition) is 1. The number of rotatable bonds is 3. The molecule has 4 rings (SSSR count). The number of oxazole rings is 1. The molecule has 1 atom stereocenters. The molecule has 1 unspecified atom stereocenters. The normalized spacial score (nSPS) is 22.3. The zero-order valence-corrected chi connectivity index (χ0v) is 13.0. The Hall–Kier alpha value is -2.42. The molecule has 2 amide bonds. The van der Waals surface area contributed by atoms with Gasteiger partial charge in [-0.15, -0.1) is 11.3 Å². The molecule has 23 heavy (non-hydrogen) atoms. The Kier molecular flexibility index (Phi) is 3.12. The Morgan fingerprint density at radius 2 is 2.22 bits per heavy atom. The van der Waals surface area contributed by atoms with Crippen LogP contribution in [-0.2, 0) is 4.79 Å². The van der Waals surface area contributed by atoms with Crippen LogP contribution < -0.4 is 10.6 Å². The van der Waals surface area contributed by atoms with Gasteiger partial charge in [0.05, 0.1) is 23.8 Å². The van der Waals surface area contributed by atoms with Crippen LogP contribution in [0.2, 0.25) is 0 Å². The van der Waals surface area contributed by atoms with Gasteiger partial charge in [0.25, 0.3) is 11.9 Å². The molecule has 2 N–H and O–H groups in total. The van der Waals surface area contributed by atoms with Crippen LogP contribution in [0.5, 0.6) is 0 Å². The first-order valence-corrected chi connectivity index (χ1v) is 8.08. The fraction of sp³-hybridized carbons (Fsp3) is 0.429. The Morgan fingerprint density at radius 1 is 1.39 bits per heavy atom. The van der Waals surface area contributed by atoms with Crippen molar-refractivity contribution in [1.82, 2.24) is 14.9 Å². The third-order valence-electron chi connectivity index (χ3n) is 4.62. The predicted molar refractivity (Wildman–Crippen MR) is 81.9 cm³/mol. The summed E-state index contributed by atoms with van der Waals surface area (Å²) in [6.07, 6.45) is 4.65. The number of likely N-dealkylation sites (tertiary alicyclic amines) is 1. The monoisotopic (exact) mass is 333 g/mol. The molecule has 2 fully saturated rings. The van der Waals surface area contributed by atoms with Gasteiger partial charge in [-0.1, -0.05) is 0 Å². The van der Waals surface area contributed by atoms with Crippen LogP contribution in [-0.4, -0.2) is 52.9 Å². The van der Waals surface area contributed by atoms with E-state index < -0.39 is 0 Å². The van der Waals surface area contributed by atoms with Crippen molar-refractivity contribution in [2.75, 3.05) is 31.1 Å². The lowest BCUT2D eigenvalue weighted by atomic mass is 9.71. The fourth-order valence-electron chi connectivity index (χ4n) is 3.53. The molecule has 2 aromatic heterocycles. The number of anilines is 1. The van der Waals surface area contributed by atoms with Crippen molar-refractivity contribution in [3.05, 3.63) is 29.0 Å². The molecular weight excluding hydrogens is 318 g/mol. The predicted octanol–water partition coefficient (Wildman–Crippen LogP) is 0.195. The number of nitrogens with two attached hydrogens (primary N) is 1. The second kappa shape index (κ2) is 5.05. The molecule has 0 aromatic carbocycles. The van der Waals surface area contributed by atoms with Crippen molar-refractivity contribution >= 4 is 29.2 Å². The summed E-state index contributed by atoms with van der Waals surface area (Å²) in [7, 11) is 0. The minimum atomic E-state index is -0.364. The van der Waals surface area contributed by atoms with Gasteiger partial charge in [-0.05, 0) is 0 Å². The third kappa shape index (κ3) is 2.19. The molecule has 2 aromatic rings. The largest absolute Gasteiger partial charge is 0.432 e. The summed E-state index contributed by atoms with van der Waals surface area (Å²) in [5.74, 6) is -0.813. The number of hydrogen-bond acceptors (Lipinski definition) is 7. The zero-order valence-electron chi connectivity index (χ0n) is 12.2. The Morgan fingerprint density at radius 3 is 2.83 bits per heavy atom. The molecule has 9 heteroatoms. The number of aromatic nitrogens is 2. The first kappa shape index (κ1) is 14.2. The topological polar surface area (TPSA) is 106 Å². The average Bonchev–Trinajstić information content (AvgIpc) is 3.22. The van der Waals surface area contributed by atoms with Gasteiger partial charge in [0.2, 0.25) is 5.91 Å². The van der Waals surface area contributed by atoms with Gasteiger partial charge in [-0.3, -0.25) is 14.6 Å². The molecule has 4 heterocycles. The highest BCUT2D eigenvalue weighted by atomic mass is 32.1. The second-order valence-electron chi connectivity index (χ2n) is 6.04. The van der Waals surface area contributed by atoms with Crippen molar-refractivity contribution in [3.8, 4) is 0 Å². The van der Waals surface area contributed by atoms with E-state index in [2.05, 4.69) is 9.97 Å². The standard InChI is InChI=1S/C14H15N5O3S/c15-11(20)9-4-18(12(21)10-3-16-8-23-10)5-14(9)6-19(7-14)13-17-1-2-22-13/h1-3,8-9H,4-7H2,(H2,15,20). The summed E-state index contributed by atoms with van der Waals surface area (Å²) in [4.78, 5) is 36.7. The van der Waals surface area contributed by atoms with Gasteiger partial charge in [-0.2, -0.15) is 0 Å². The summed E-state index contributed by atoms with van der Waals surface area (Å²) < 4.78 is 5.28. The maximum Gasteiger partial charge on any atom is 0.297 e. The first-order valence-electron chi connectivity index (χ1n) is 7.21. The van der Waals surface area contributed by atoms with Crippen molar-refractivity contribution < 1.29 is 14.0 Å².